The van der Waals surface area contributed by atoms with Crippen LogP contribution in [0.15, 0.2) is 9.85 Å². The van der Waals surface area contributed by atoms with E-state index in [0.717, 1.165) is 33.1 Å². The Morgan fingerprint density at radius 2 is 2.05 bits per heavy atom. The van der Waals surface area contributed by atoms with Crippen molar-refractivity contribution < 1.29 is 0 Å². The first-order valence-electron chi connectivity index (χ1n) is 6.07. The van der Waals surface area contributed by atoms with Crippen molar-refractivity contribution in [2.24, 2.45) is 5.92 Å². The van der Waals surface area contributed by atoms with Gasteiger partial charge in [-0.3, -0.25) is 0 Å². The van der Waals surface area contributed by atoms with Crippen LogP contribution in [0.3, 0.4) is 0 Å². The second-order valence-electron chi connectivity index (χ2n) is 4.82. The topological polar surface area (TPSA) is 38.7 Å². The molecule has 102 valence electrons. The minimum Gasteiger partial charge on any atom is -0.246 e. The van der Waals surface area contributed by atoms with Gasteiger partial charge in [-0.15, -0.1) is 11.3 Å². The maximum atomic E-state index is 6.16. The minimum absolute atomic E-state index is 0.479. The molecule has 0 amide bonds. The maximum Gasteiger partial charge on any atom is 0.147 e. The van der Waals surface area contributed by atoms with Gasteiger partial charge in [0, 0.05) is 5.38 Å². The summed E-state index contributed by atoms with van der Waals surface area (Å²) in [6.07, 6.45) is 1.51. The van der Waals surface area contributed by atoms with Crippen LogP contribution >= 0.6 is 38.9 Å². The third-order valence-electron chi connectivity index (χ3n) is 2.53. The SMILES string of the molecule is Cc1nc(Cc2nc(Cl)c(Br)c(CC(C)C)n2)cs1. The van der Waals surface area contributed by atoms with Crippen molar-refractivity contribution in [1.29, 1.82) is 0 Å². The Morgan fingerprint density at radius 1 is 1.32 bits per heavy atom. The molecule has 0 saturated carbocycles. The van der Waals surface area contributed by atoms with E-state index >= 15 is 0 Å². The molecule has 6 heteroatoms. The lowest BCUT2D eigenvalue weighted by molar-refractivity contribution is 0.628. The zero-order valence-electron chi connectivity index (χ0n) is 11.1. The third kappa shape index (κ3) is 3.97. The Hall–Kier alpha value is -0.520. The monoisotopic (exact) mass is 359 g/mol. The van der Waals surface area contributed by atoms with Crippen LogP contribution in [-0.2, 0) is 12.8 Å². The molecule has 0 aliphatic rings. The Kier molecular flexibility index (Phi) is 4.92. The first kappa shape index (κ1) is 14.9. The van der Waals surface area contributed by atoms with Crippen molar-refractivity contribution in [3.05, 3.63) is 37.2 Å². The minimum atomic E-state index is 0.479. The van der Waals surface area contributed by atoms with Gasteiger partial charge in [0.05, 0.1) is 27.3 Å². The summed E-state index contributed by atoms with van der Waals surface area (Å²) < 4.78 is 0.807. The van der Waals surface area contributed by atoms with Gasteiger partial charge in [0.2, 0.25) is 0 Å². The standard InChI is InChI=1S/C13H15BrClN3S/c1-7(2)4-10-12(14)13(15)18-11(17-10)5-9-6-19-8(3)16-9/h6-7H,4-5H2,1-3H3. The first-order chi connectivity index (χ1) is 8.95. The molecule has 0 aromatic carbocycles. The molecule has 0 radical (unpaired) electrons. The van der Waals surface area contributed by atoms with E-state index in [1.54, 1.807) is 11.3 Å². The van der Waals surface area contributed by atoms with Gasteiger partial charge in [-0.25, -0.2) is 15.0 Å². The van der Waals surface area contributed by atoms with Gasteiger partial charge in [0.25, 0.3) is 0 Å². The second-order valence-corrected chi connectivity index (χ2v) is 7.04. The molecule has 2 aromatic rings. The third-order valence-corrected chi connectivity index (χ3v) is 4.69. The molecule has 2 rings (SSSR count). The summed E-state index contributed by atoms with van der Waals surface area (Å²) in [7, 11) is 0. The highest BCUT2D eigenvalue weighted by atomic mass is 79.9. The number of thiazole rings is 1. The Balaban J connectivity index is 2.28. The number of hydrogen-bond acceptors (Lipinski definition) is 4. The average molecular weight is 361 g/mol. The van der Waals surface area contributed by atoms with Crippen molar-refractivity contribution >= 4 is 38.9 Å². The van der Waals surface area contributed by atoms with Crippen LogP contribution in [0.5, 0.6) is 0 Å². The largest absolute Gasteiger partial charge is 0.246 e. The molecule has 2 aromatic heterocycles. The van der Waals surface area contributed by atoms with Gasteiger partial charge in [-0.1, -0.05) is 25.4 Å². The Bertz CT molecular complexity index is 583. The molecule has 0 bridgehead atoms. The van der Waals surface area contributed by atoms with Crippen molar-refractivity contribution in [2.45, 2.75) is 33.6 Å². The molecule has 0 spiro atoms. The average Bonchev–Trinajstić information content (AvgIpc) is 2.70. The van der Waals surface area contributed by atoms with Crippen LogP contribution in [-0.4, -0.2) is 15.0 Å². The van der Waals surface area contributed by atoms with Crippen LogP contribution in [0.1, 0.15) is 36.1 Å². The molecule has 2 heterocycles. The lowest BCUT2D eigenvalue weighted by atomic mass is 10.1. The van der Waals surface area contributed by atoms with Gasteiger partial charge in [-0.05, 0) is 35.2 Å². The van der Waals surface area contributed by atoms with Crippen LogP contribution in [0.2, 0.25) is 5.15 Å². The van der Waals surface area contributed by atoms with Crippen molar-refractivity contribution in [3.8, 4) is 0 Å². The Morgan fingerprint density at radius 3 is 2.63 bits per heavy atom. The summed E-state index contributed by atoms with van der Waals surface area (Å²) in [4.78, 5) is 13.3. The van der Waals surface area contributed by atoms with Crippen molar-refractivity contribution in [1.82, 2.24) is 15.0 Å². The van der Waals surface area contributed by atoms with Crippen molar-refractivity contribution in [3.63, 3.8) is 0 Å². The fourth-order valence-electron chi connectivity index (χ4n) is 1.76. The summed E-state index contributed by atoms with van der Waals surface area (Å²) in [5, 5.41) is 3.57. The molecule has 0 unspecified atom stereocenters. The molecule has 0 saturated heterocycles. The summed E-state index contributed by atoms with van der Waals surface area (Å²) in [6, 6.07) is 0. The number of aromatic nitrogens is 3. The summed E-state index contributed by atoms with van der Waals surface area (Å²) in [5.74, 6) is 1.26. The number of rotatable bonds is 4. The highest BCUT2D eigenvalue weighted by molar-refractivity contribution is 9.10. The Labute approximate surface area is 130 Å². The fraction of sp³-hybridized carbons (Fsp3) is 0.462. The lowest BCUT2D eigenvalue weighted by Crippen LogP contribution is -2.05. The molecular formula is C13H15BrClN3S. The molecular weight excluding hydrogens is 346 g/mol. The predicted octanol–water partition coefficient (Wildman–Crippen LogP) is 4.45. The number of halogens is 2. The van der Waals surface area contributed by atoms with E-state index in [1.807, 2.05) is 12.3 Å². The molecule has 19 heavy (non-hydrogen) atoms. The first-order valence-corrected chi connectivity index (χ1v) is 8.12. The van der Waals surface area contributed by atoms with E-state index in [-0.39, 0.29) is 0 Å². The van der Waals surface area contributed by atoms with Crippen LogP contribution in [0.25, 0.3) is 0 Å². The zero-order chi connectivity index (χ0) is 14.0. The highest BCUT2D eigenvalue weighted by Crippen LogP contribution is 2.26. The van der Waals surface area contributed by atoms with Crippen molar-refractivity contribution in [2.75, 3.05) is 0 Å². The summed E-state index contributed by atoms with van der Waals surface area (Å²) in [6.45, 7) is 6.31. The van der Waals surface area contributed by atoms with Crippen LogP contribution in [0, 0.1) is 12.8 Å². The number of aryl methyl sites for hydroxylation is 1. The molecule has 0 aliphatic carbocycles. The molecule has 0 N–H and O–H groups in total. The summed E-state index contributed by atoms with van der Waals surface area (Å²) >= 11 is 11.3. The molecule has 0 aliphatic heterocycles. The van der Waals surface area contributed by atoms with Gasteiger partial charge < -0.3 is 0 Å². The smallest absolute Gasteiger partial charge is 0.147 e. The van der Waals surface area contributed by atoms with E-state index in [9.17, 15) is 0 Å². The maximum absolute atomic E-state index is 6.16. The molecule has 0 fully saturated rings. The van der Waals surface area contributed by atoms with Gasteiger partial charge in [0.15, 0.2) is 0 Å². The van der Waals surface area contributed by atoms with E-state index in [0.29, 0.717) is 17.5 Å². The number of nitrogens with zero attached hydrogens (tertiary/aromatic N) is 3. The van der Waals surface area contributed by atoms with Crippen LogP contribution in [0.4, 0.5) is 0 Å². The summed E-state index contributed by atoms with van der Waals surface area (Å²) in [5.41, 5.74) is 1.97. The lowest BCUT2D eigenvalue weighted by Gasteiger charge is -2.09. The van der Waals surface area contributed by atoms with E-state index < -0.39 is 0 Å². The van der Waals surface area contributed by atoms with E-state index in [2.05, 4.69) is 44.7 Å². The highest BCUT2D eigenvalue weighted by Gasteiger charge is 2.13. The van der Waals surface area contributed by atoms with Crippen LogP contribution < -0.4 is 0 Å². The number of hydrogen-bond donors (Lipinski definition) is 0. The molecule has 0 atom stereocenters. The van der Waals surface area contributed by atoms with Gasteiger partial charge in [-0.2, -0.15) is 0 Å². The predicted molar refractivity (Wildman–Crippen MR) is 82.9 cm³/mol. The normalized spacial score (nSPS) is 11.3. The second kappa shape index (κ2) is 6.29. The zero-order valence-corrected chi connectivity index (χ0v) is 14.2. The fourth-order valence-corrected chi connectivity index (χ4v) is 2.92. The van der Waals surface area contributed by atoms with E-state index in [1.165, 1.54) is 0 Å². The quantitative estimate of drug-likeness (QED) is 0.756. The van der Waals surface area contributed by atoms with E-state index in [4.69, 9.17) is 11.6 Å². The molecule has 3 nitrogen and oxygen atoms in total. The van der Waals surface area contributed by atoms with Gasteiger partial charge in [0.1, 0.15) is 11.0 Å². The van der Waals surface area contributed by atoms with Gasteiger partial charge >= 0.3 is 0 Å².